The predicted octanol–water partition coefficient (Wildman–Crippen LogP) is 4.37. The van der Waals surface area contributed by atoms with Crippen LogP contribution < -0.4 is 15.4 Å². The Labute approximate surface area is 182 Å². The molecule has 0 aromatic heterocycles. The van der Waals surface area contributed by atoms with Gasteiger partial charge in [-0.15, -0.1) is 0 Å². The highest BCUT2D eigenvalue weighted by Gasteiger charge is 2.28. The van der Waals surface area contributed by atoms with Gasteiger partial charge in [0.15, 0.2) is 0 Å². The zero-order valence-electron chi connectivity index (χ0n) is 18.2. The summed E-state index contributed by atoms with van der Waals surface area (Å²) in [4.78, 5) is 38.6. The number of ether oxygens (including phenoxy) is 1. The number of nitrogens with zero attached hydrogens (tertiary/aromatic N) is 1. The Balaban J connectivity index is 1.96. The Kier molecular flexibility index (Phi) is 7.28. The predicted molar refractivity (Wildman–Crippen MR) is 120 cm³/mol. The molecule has 31 heavy (non-hydrogen) atoms. The number of rotatable bonds is 5. The minimum Gasteiger partial charge on any atom is -0.497 e. The Morgan fingerprint density at radius 2 is 1.52 bits per heavy atom. The summed E-state index contributed by atoms with van der Waals surface area (Å²) in [7, 11) is 1.63. The lowest BCUT2D eigenvalue weighted by molar-refractivity contribution is -0.115. The first-order valence-electron chi connectivity index (χ1n) is 10.5. The van der Waals surface area contributed by atoms with Crippen molar-refractivity contribution >= 4 is 29.1 Å². The zero-order chi connectivity index (χ0) is 22.4. The number of nitrogens with one attached hydrogen (secondary N) is 2. The first-order valence-corrected chi connectivity index (χ1v) is 10.5. The number of likely N-dealkylation sites (tertiary alicyclic amines) is 1. The van der Waals surface area contributed by atoms with Gasteiger partial charge in [-0.2, -0.15) is 0 Å². The molecule has 1 fully saturated rings. The number of carbonyl (C=O) groups is 3. The number of hydrogen-bond acceptors (Lipinski definition) is 4. The highest BCUT2D eigenvalue weighted by Crippen LogP contribution is 2.33. The standard InChI is InChI=1S/C24H29N3O4/c1-16(28)25-20-13-19(14-21(15-20)26-17(2)29)24(30)27-12-6-4-5-7-23(27)18-8-10-22(31-3)11-9-18/h8-11,13-15,23H,4-7,12H2,1-3H3,(H,25,28)(H,26,29). The summed E-state index contributed by atoms with van der Waals surface area (Å²) in [5.41, 5.74) is 2.43. The molecule has 2 aromatic rings. The van der Waals surface area contributed by atoms with Crippen molar-refractivity contribution in [2.75, 3.05) is 24.3 Å². The van der Waals surface area contributed by atoms with Crippen LogP contribution in [0.5, 0.6) is 5.75 Å². The maximum Gasteiger partial charge on any atom is 0.254 e. The van der Waals surface area contributed by atoms with Crippen molar-refractivity contribution in [2.45, 2.75) is 45.6 Å². The van der Waals surface area contributed by atoms with E-state index in [1.165, 1.54) is 13.8 Å². The van der Waals surface area contributed by atoms with E-state index in [1.807, 2.05) is 29.2 Å². The number of hydrogen-bond donors (Lipinski definition) is 2. The lowest BCUT2D eigenvalue weighted by Gasteiger charge is -2.31. The quantitative estimate of drug-likeness (QED) is 0.748. The third-order valence-electron chi connectivity index (χ3n) is 5.33. The van der Waals surface area contributed by atoms with Crippen LogP contribution in [-0.2, 0) is 9.59 Å². The number of methoxy groups -OCH3 is 1. The smallest absolute Gasteiger partial charge is 0.254 e. The molecule has 0 spiro atoms. The Morgan fingerprint density at radius 3 is 2.06 bits per heavy atom. The fourth-order valence-electron chi connectivity index (χ4n) is 3.99. The first-order chi connectivity index (χ1) is 14.9. The van der Waals surface area contributed by atoms with Crippen molar-refractivity contribution in [1.82, 2.24) is 4.90 Å². The van der Waals surface area contributed by atoms with Gasteiger partial charge >= 0.3 is 0 Å². The summed E-state index contributed by atoms with van der Waals surface area (Å²) in [6.45, 7) is 3.46. The van der Waals surface area contributed by atoms with Gasteiger partial charge in [0.2, 0.25) is 11.8 Å². The molecule has 0 bridgehead atoms. The summed E-state index contributed by atoms with van der Waals surface area (Å²) in [5.74, 6) is 0.160. The van der Waals surface area contributed by atoms with Gasteiger partial charge in [0.1, 0.15) is 5.75 Å². The van der Waals surface area contributed by atoms with E-state index in [0.717, 1.165) is 37.0 Å². The number of anilines is 2. The second-order valence-corrected chi connectivity index (χ2v) is 7.80. The molecular formula is C24H29N3O4. The van der Waals surface area contributed by atoms with Crippen LogP contribution in [0.25, 0.3) is 0 Å². The van der Waals surface area contributed by atoms with E-state index in [0.29, 0.717) is 23.5 Å². The van der Waals surface area contributed by atoms with Crippen LogP contribution in [0.4, 0.5) is 11.4 Å². The van der Waals surface area contributed by atoms with Crippen molar-refractivity contribution in [2.24, 2.45) is 0 Å². The van der Waals surface area contributed by atoms with Crippen molar-refractivity contribution in [3.05, 3.63) is 53.6 Å². The van der Waals surface area contributed by atoms with Gasteiger partial charge in [-0.3, -0.25) is 14.4 Å². The van der Waals surface area contributed by atoms with Crippen molar-refractivity contribution in [3.8, 4) is 5.75 Å². The van der Waals surface area contributed by atoms with E-state index in [9.17, 15) is 14.4 Å². The molecule has 1 heterocycles. The lowest BCUT2D eigenvalue weighted by atomic mass is 9.99. The third kappa shape index (κ3) is 5.84. The molecule has 0 saturated carbocycles. The van der Waals surface area contributed by atoms with Gasteiger partial charge < -0.3 is 20.3 Å². The molecule has 0 aliphatic carbocycles. The van der Waals surface area contributed by atoms with Crippen molar-refractivity contribution in [1.29, 1.82) is 0 Å². The van der Waals surface area contributed by atoms with Gasteiger partial charge in [0.25, 0.3) is 5.91 Å². The Hall–Kier alpha value is -3.35. The SMILES string of the molecule is COc1ccc(C2CCCCCN2C(=O)c2cc(NC(C)=O)cc(NC(C)=O)c2)cc1. The number of amides is 3. The summed E-state index contributed by atoms with van der Waals surface area (Å²) in [6.07, 6.45) is 3.92. The van der Waals surface area contributed by atoms with Crippen LogP contribution in [-0.4, -0.2) is 36.3 Å². The molecule has 164 valence electrons. The number of benzene rings is 2. The van der Waals surface area contributed by atoms with Crippen molar-refractivity contribution in [3.63, 3.8) is 0 Å². The van der Waals surface area contributed by atoms with Gasteiger partial charge in [-0.1, -0.05) is 25.0 Å². The second-order valence-electron chi connectivity index (χ2n) is 7.80. The fourth-order valence-corrected chi connectivity index (χ4v) is 3.99. The molecule has 2 aromatic carbocycles. The fraction of sp³-hybridized carbons (Fsp3) is 0.375. The molecule has 0 radical (unpaired) electrons. The normalized spacial score (nSPS) is 16.2. The Morgan fingerprint density at radius 1 is 0.903 bits per heavy atom. The molecule has 7 heteroatoms. The maximum absolute atomic E-state index is 13.6. The van der Waals surface area contributed by atoms with Gasteiger partial charge in [-0.05, 0) is 48.7 Å². The van der Waals surface area contributed by atoms with E-state index >= 15 is 0 Å². The summed E-state index contributed by atoms with van der Waals surface area (Å²) in [5, 5.41) is 5.42. The molecule has 1 atom stereocenters. The highest BCUT2D eigenvalue weighted by molar-refractivity contribution is 6.00. The molecule has 1 aliphatic heterocycles. The largest absolute Gasteiger partial charge is 0.497 e. The van der Waals surface area contributed by atoms with Crippen LogP contribution in [0.15, 0.2) is 42.5 Å². The average Bonchev–Trinajstić information content (AvgIpc) is 2.98. The molecule has 1 unspecified atom stereocenters. The summed E-state index contributed by atoms with van der Waals surface area (Å²) in [6, 6.07) is 12.7. The van der Waals surface area contributed by atoms with E-state index in [1.54, 1.807) is 25.3 Å². The van der Waals surface area contributed by atoms with E-state index in [2.05, 4.69) is 10.6 Å². The minimum atomic E-state index is -0.246. The van der Waals surface area contributed by atoms with Crippen LogP contribution in [0.1, 0.15) is 61.5 Å². The lowest BCUT2D eigenvalue weighted by Crippen LogP contribution is -2.35. The molecule has 2 N–H and O–H groups in total. The van der Waals surface area contributed by atoms with Crippen LogP contribution in [0.3, 0.4) is 0 Å². The van der Waals surface area contributed by atoms with E-state index in [4.69, 9.17) is 4.74 Å². The van der Waals surface area contributed by atoms with Gasteiger partial charge in [-0.25, -0.2) is 0 Å². The van der Waals surface area contributed by atoms with Crippen LogP contribution >= 0.6 is 0 Å². The Bertz CT molecular complexity index is 922. The zero-order valence-corrected chi connectivity index (χ0v) is 18.2. The molecule has 7 nitrogen and oxygen atoms in total. The molecule has 1 saturated heterocycles. The summed E-state index contributed by atoms with van der Waals surface area (Å²) < 4.78 is 5.26. The number of carbonyl (C=O) groups excluding carboxylic acids is 3. The topological polar surface area (TPSA) is 87.7 Å². The van der Waals surface area contributed by atoms with E-state index in [-0.39, 0.29) is 23.8 Å². The summed E-state index contributed by atoms with van der Waals surface area (Å²) >= 11 is 0. The second kappa shape index (κ2) is 10.1. The molecular weight excluding hydrogens is 394 g/mol. The van der Waals surface area contributed by atoms with Crippen LogP contribution in [0, 0.1) is 0 Å². The van der Waals surface area contributed by atoms with Crippen molar-refractivity contribution < 1.29 is 19.1 Å². The third-order valence-corrected chi connectivity index (χ3v) is 5.33. The maximum atomic E-state index is 13.6. The minimum absolute atomic E-state index is 0.0467. The van der Waals surface area contributed by atoms with Gasteiger partial charge in [0, 0.05) is 37.3 Å². The average molecular weight is 424 g/mol. The molecule has 1 aliphatic rings. The van der Waals surface area contributed by atoms with Gasteiger partial charge in [0.05, 0.1) is 13.2 Å². The molecule has 3 amide bonds. The van der Waals surface area contributed by atoms with Crippen LogP contribution in [0.2, 0.25) is 0 Å². The molecule has 3 rings (SSSR count). The monoisotopic (exact) mass is 423 g/mol. The van der Waals surface area contributed by atoms with E-state index < -0.39 is 0 Å². The highest BCUT2D eigenvalue weighted by atomic mass is 16.5. The first kappa shape index (κ1) is 22.3.